The highest BCUT2D eigenvalue weighted by atomic mass is 35.5. The van der Waals surface area contributed by atoms with E-state index in [-0.39, 0.29) is 30.3 Å². The number of likely N-dealkylation sites (tertiary alicyclic amines) is 2. The minimum Gasteiger partial charge on any atom is -0.341 e. The van der Waals surface area contributed by atoms with Crippen LogP contribution >= 0.6 is 12.4 Å². The van der Waals surface area contributed by atoms with Gasteiger partial charge in [0, 0.05) is 26.1 Å². The van der Waals surface area contributed by atoms with Gasteiger partial charge in [0.2, 0.25) is 11.8 Å². The van der Waals surface area contributed by atoms with Crippen molar-refractivity contribution in [3.63, 3.8) is 0 Å². The first-order valence-electron chi connectivity index (χ1n) is 8.31. The fourth-order valence-electron chi connectivity index (χ4n) is 3.40. The number of nitrogens with two attached hydrogens (primary N) is 1. The zero-order chi connectivity index (χ0) is 15.4. The molecule has 128 valence electrons. The van der Waals surface area contributed by atoms with Crippen LogP contribution in [0.1, 0.15) is 46.0 Å². The monoisotopic (exact) mass is 331 g/mol. The highest BCUT2D eigenvalue weighted by molar-refractivity contribution is 5.88. The van der Waals surface area contributed by atoms with Gasteiger partial charge in [-0.25, -0.2) is 0 Å². The predicted octanol–water partition coefficient (Wildman–Crippen LogP) is 1.64. The van der Waals surface area contributed by atoms with Crippen molar-refractivity contribution in [1.29, 1.82) is 0 Å². The third-order valence-electron chi connectivity index (χ3n) is 4.65. The third kappa shape index (κ3) is 4.59. The Balaban J connectivity index is 0.00000242. The Kier molecular flexibility index (Phi) is 7.63. The van der Waals surface area contributed by atoms with E-state index >= 15 is 0 Å². The Morgan fingerprint density at radius 2 is 2.05 bits per heavy atom. The lowest BCUT2D eigenvalue weighted by atomic mass is 9.98. The minimum absolute atomic E-state index is 0. The van der Waals surface area contributed by atoms with Crippen LogP contribution in [0.15, 0.2) is 0 Å². The number of carbonyl (C=O) groups is 2. The Bertz CT molecular complexity index is 390. The lowest BCUT2D eigenvalue weighted by molar-refractivity contribution is -0.147. The summed E-state index contributed by atoms with van der Waals surface area (Å²) >= 11 is 0. The van der Waals surface area contributed by atoms with E-state index in [1.165, 1.54) is 0 Å². The normalized spacial score (nSPS) is 23.6. The summed E-state index contributed by atoms with van der Waals surface area (Å²) in [6.07, 6.45) is 4.31. The summed E-state index contributed by atoms with van der Waals surface area (Å²) in [5, 5.41) is 0. The van der Waals surface area contributed by atoms with E-state index in [0.717, 1.165) is 45.3 Å². The second kappa shape index (κ2) is 8.73. The van der Waals surface area contributed by atoms with Crippen molar-refractivity contribution in [3.8, 4) is 0 Å². The van der Waals surface area contributed by atoms with Crippen molar-refractivity contribution in [3.05, 3.63) is 0 Å². The summed E-state index contributed by atoms with van der Waals surface area (Å²) in [7, 11) is 0. The number of amides is 2. The van der Waals surface area contributed by atoms with E-state index < -0.39 is 0 Å². The van der Waals surface area contributed by atoms with Gasteiger partial charge in [-0.3, -0.25) is 9.59 Å². The van der Waals surface area contributed by atoms with Crippen LogP contribution in [0.3, 0.4) is 0 Å². The smallest absolute Gasteiger partial charge is 0.245 e. The van der Waals surface area contributed by atoms with Crippen LogP contribution in [-0.4, -0.2) is 53.8 Å². The van der Waals surface area contributed by atoms with E-state index in [9.17, 15) is 9.59 Å². The van der Waals surface area contributed by atoms with Gasteiger partial charge >= 0.3 is 0 Å². The van der Waals surface area contributed by atoms with Crippen molar-refractivity contribution in [2.75, 3.05) is 26.2 Å². The van der Waals surface area contributed by atoms with Gasteiger partial charge in [-0.1, -0.05) is 13.8 Å². The molecule has 2 unspecified atom stereocenters. The molecule has 2 saturated heterocycles. The van der Waals surface area contributed by atoms with Crippen LogP contribution in [0.5, 0.6) is 0 Å². The number of carbonyl (C=O) groups excluding carboxylic acids is 2. The highest BCUT2D eigenvalue weighted by Crippen LogP contribution is 2.23. The van der Waals surface area contributed by atoms with Crippen LogP contribution in [0.4, 0.5) is 0 Å². The van der Waals surface area contributed by atoms with E-state index in [1.54, 1.807) is 0 Å². The standard InChI is InChI=1S/C16H29N3O2.ClH/c1-12(2)9-14(19-7-4-3-5-15(19)20)16(21)18-8-6-13(10-17)11-18;/h12-14H,3-11,17H2,1-2H3;1H. The predicted molar refractivity (Wildman–Crippen MR) is 89.8 cm³/mol. The SMILES string of the molecule is CC(C)CC(C(=O)N1CCC(CN)C1)N1CCCCC1=O.Cl. The number of halogens is 1. The van der Waals surface area contributed by atoms with Crippen LogP contribution in [0, 0.1) is 11.8 Å². The summed E-state index contributed by atoms with van der Waals surface area (Å²) in [5.74, 6) is 1.11. The second-order valence-electron chi connectivity index (χ2n) is 6.86. The zero-order valence-electron chi connectivity index (χ0n) is 13.8. The summed E-state index contributed by atoms with van der Waals surface area (Å²) in [4.78, 5) is 28.8. The molecule has 0 spiro atoms. The molecule has 2 aliphatic rings. The number of piperidine rings is 1. The molecule has 2 N–H and O–H groups in total. The molecule has 0 aromatic carbocycles. The molecular formula is C16H30ClN3O2. The Morgan fingerprint density at radius 3 is 2.59 bits per heavy atom. The molecule has 2 fully saturated rings. The molecule has 2 atom stereocenters. The van der Waals surface area contributed by atoms with E-state index in [2.05, 4.69) is 13.8 Å². The van der Waals surface area contributed by atoms with Crippen LogP contribution in [0.25, 0.3) is 0 Å². The maximum Gasteiger partial charge on any atom is 0.245 e. The average molecular weight is 332 g/mol. The summed E-state index contributed by atoms with van der Waals surface area (Å²) in [6.45, 7) is 7.14. The molecule has 0 aromatic heterocycles. The molecule has 0 aliphatic carbocycles. The maximum atomic E-state index is 12.9. The van der Waals surface area contributed by atoms with Gasteiger partial charge in [0.15, 0.2) is 0 Å². The molecule has 22 heavy (non-hydrogen) atoms. The first kappa shape index (κ1) is 19.2. The molecule has 2 heterocycles. The summed E-state index contributed by atoms with van der Waals surface area (Å²) in [5.41, 5.74) is 5.72. The third-order valence-corrected chi connectivity index (χ3v) is 4.65. The lowest BCUT2D eigenvalue weighted by Crippen LogP contribution is -2.52. The van der Waals surface area contributed by atoms with Gasteiger partial charge in [-0.05, 0) is 44.1 Å². The summed E-state index contributed by atoms with van der Waals surface area (Å²) in [6, 6.07) is -0.269. The molecule has 0 saturated carbocycles. The molecule has 2 aliphatic heterocycles. The molecule has 0 aromatic rings. The van der Waals surface area contributed by atoms with Crippen molar-refractivity contribution >= 4 is 24.2 Å². The van der Waals surface area contributed by atoms with Gasteiger partial charge in [-0.15, -0.1) is 12.4 Å². The summed E-state index contributed by atoms with van der Waals surface area (Å²) < 4.78 is 0. The van der Waals surface area contributed by atoms with Crippen molar-refractivity contribution in [2.24, 2.45) is 17.6 Å². The Morgan fingerprint density at radius 1 is 1.32 bits per heavy atom. The number of nitrogens with zero attached hydrogens (tertiary/aromatic N) is 2. The van der Waals surface area contributed by atoms with Crippen LogP contribution in [-0.2, 0) is 9.59 Å². The molecule has 6 heteroatoms. The molecule has 2 amide bonds. The fourth-order valence-corrected chi connectivity index (χ4v) is 3.40. The number of hydrogen-bond donors (Lipinski definition) is 1. The van der Waals surface area contributed by atoms with Crippen LogP contribution < -0.4 is 5.73 Å². The fraction of sp³-hybridized carbons (Fsp3) is 0.875. The zero-order valence-corrected chi connectivity index (χ0v) is 14.6. The minimum atomic E-state index is -0.269. The molecule has 5 nitrogen and oxygen atoms in total. The van der Waals surface area contributed by atoms with Crippen molar-refractivity contribution < 1.29 is 9.59 Å². The quantitative estimate of drug-likeness (QED) is 0.833. The van der Waals surface area contributed by atoms with Crippen molar-refractivity contribution in [2.45, 2.75) is 52.0 Å². The van der Waals surface area contributed by atoms with E-state index in [1.807, 2.05) is 9.80 Å². The van der Waals surface area contributed by atoms with E-state index in [0.29, 0.717) is 24.8 Å². The van der Waals surface area contributed by atoms with Gasteiger partial charge in [-0.2, -0.15) is 0 Å². The number of hydrogen-bond acceptors (Lipinski definition) is 3. The Labute approximate surface area is 140 Å². The van der Waals surface area contributed by atoms with Gasteiger partial charge in [0.1, 0.15) is 6.04 Å². The van der Waals surface area contributed by atoms with Crippen molar-refractivity contribution in [1.82, 2.24) is 9.80 Å². The van der Waals surface area contributed by atoms with Gasteiger partial charge in [0.05, 0.1) is 0 Å². The first-order chi connectivity index (χ1) is 10.0. The molecular weight excluding hydrogens is 302 g/mol. The van der Waals surface area contributed by atoms with Gasteiger partial charge < -0.3 is 15.5 Å². The molecule has 0 bridgehead atoms. The van der Waals surface area contributed by atoms with Gasteiger partial charge in [0.25, 0.3) is 0 Å². The second-order valence-corrected chi connectivity index (χ2v) is 6.86. The lowest BCUT2D eigenvalue weighted by Gasteiger charge is -2.36. The first-order valence-corrected chi connectivity index (χ1v) is 8.31. The van der Waals surface area contributed by atoms with E-state index in [4.69, 9.17) is 5.73 Å². The Hall–Kier alpha value is -0.810. The molecule has 2 rings (SSSR count). The largest absolute Gasteiger partial charge is 0.341 e. The number of rotatable bonds is 5. The molecule has 0 radical (unpaired) electrons. The average Bonchev–Trinajstić information content (AvgIpc) is 2.93. The maximum absolute atomic E-state index is 12.9. The highest BCUT2D eigenvalue weighted by Gasteiger charge is 2.36. The topological polar surface area (TPSA) is 66.6 Å². The van der Waals surface area contributed by atoms with Crippen LogP contribution in [0.2, 0.25) is 0 Å².